The minimum Gasteiger partial charge on any atom is -0.404 e. The molecule has 0 bridgehead atoms. The fourth-order valence-electron chi connectivity index (χ4n) is 4.24. The maximum atomic E-state index is 13.3. The Hall–Kier alpha value is -4.30. The number of halogens is 7. The van der Waals surface area contributed by atoms with E-state index in [0.717, 1.165) is 47.0 Å². The smallest absolute Gasteiger partial charge is 0.404 e. The average molecular weight is 634 g/mol. The van der Waals surface area contributed by atoms with Crippen molar-refractivity contribution in [2.24, 2.45) is 0 Å². The molecule has 9 nitrogen and oxygen atoms in total. The Morgan fingerprint density at radius 1 is 1.02 bits per heavy atom. The van der Waals surface area contributed by atoms with Gasteiger partial charge in [0.25, 0.3) is 0 Å². The summed E-state index contributed by atoms with van der Waals surface area (Å²) in [6.45, 7) is 0.988. The van der Waals surface area contributed by atoms with Crippen LogP contribution < -0.4 is 10.1 Å². The number of hydrogen-bond acceptors (Lipinski definition) is 7. The monoisotopic (exact) mass is 633 g/mol. The fourth-order valence-corrected chi connectivity index (χ4v) is 6.08. The van der Waals surface area contributed by atoms with Crippen LogP contribution in [0.25, 0.3) is 11.3 Å². The molecule has 4 rings (SSSR count). The van der Waals surface area contributed by atoms with E-state index in [2.05, 4.69) is 37.9 Å². The highest BCUT2D eigenvalue weighted by molar-refractivity contribution is 7.89. The molecular weight excluding hydrogens is 611 g/mol. The van der Waals surface area contributed by atoms with Crippen molar-refractivity contribution in [3.05, 3.63) is 66.1 Å². The van der Waals surface area contributed by atoms with E-state index < -0.39 is 64.5 Å². The van der Waals surface area contributed by atoms with Gasteiger partial charge in [-0.3, -0.25) is 9.78 Å². The zero-order valence-corrected chi connectivity index (χ0v) is 22.8. The van der Waals surface area contributed by atoms with Crippen molar-refractivity contribution in [3.8, 4) is 29.9 Å². The lowest BCUT2D eigenvalue weighted by Gasteiger charge is -2.27. The molecule has 1 fully saturated rings. The van der Waals surface area contributed by atoms with Gasteiger partial charge in [-0.05, 0) is 50.1 Å². The Bertz CT molecular complexity index is 1560. The first kappa shape index (κ1) is 33.2. The van der Waals surface area contributed by atoms with Crippen LogP contribution in [0, 0.1) is 18.7 Å². The van der Waals surface area contributed by atoms with Crippen molar-refractivity contribution in [2.75, 3.05) is 0 Å². The van der Waals surface area contributed by atoms with Crippen LogP contribution in [-0.4, -0.2) is 52.0 Å². The number of ether oxygens (including phenoxy) is 1. The SMILES string of the molecule is C#C.C[C@H]1CC[C@@H](C(=O)NCc2cc(-c3cnc(C(F)(F)F)nc3)ncc2OC(F)(F)F)N1S(=O)(=O)c1ccc(F)cc1. The van der Waals surface area contributed by atoms with Gasteiger partial charge in [0.1, 0.15) is 11.9 Å². The summed E-state index contributed by atoms with van der Waals surface area (Å²) in [6.07, 6.45) is 0.677. The van der Waals surface area contributed by atoms with Gasteiger partial charge in [0.05, 0.1) is 16.8 Å². The number of pyridine rings is 1. The Balaban J connectivity index is 0.00000248. The van der Waals surface area contributed by atoms with Gasteiger partial charge >= 0.3 is 12.5 Å². The predicted octanol–water partition coefficient (Wildman–Crippen LogP) is 4.70. The molecule has 17 heteroatoms. The van der Waals surface area contributed by atoms with Crippen molar-refractivity contribution < 1.29 is 48.7 Å². The number of rotatable bonds is 7. The second-order valence-corrected chi connectivity index (χ2v) is 10.8. The van der Waals surface area contributed by atoms with E-state index in [-0.39, 0.29) is 28.1 Å². The van der Waals surface area contributed by atoms with Crippen LogP contribution in [0.1, 0.15) is 31.2 Å². The van der Waals surface area contributed by atoms with Gasteiger partial charge in [-0.2, -0.15) is 17.5 Å². The van der Waals surface area contributed by atoms with E-state index in [9.17, 15) is 43.9 Å². The van der Waals surface area contributed by atoms with Crippen LogP contribution in [0.3, 0.4) is 0 Å². The molecular formula is C26H22F7N5O4S. The van der Waals surface area contributed by atoms with Crippen LogP contribution in [-0.2, 0) is 27.5 Å². The summed E-state index contributed by atoms with van der Waals surface area (Å²) in [5, 5.41) is 2.40. The third kappa shape index (κ3) is 7.96. The number of alkyl halides is 6. The lowest BCUT2D eigenvalue weighted by Crippen LogP contribution is -2.48. The zero-order chi connectivity index (χ0) is 32.2. The van der Waals surface area contributed by atoms with Gasteiger partial charge in [0.2, 0.25) is 21.8 Å². The molecule has 0 aliphatic carbocycles. The van der Waals surface area contributed by atoms with Crippen LogP contribution >= 0.6 is 0 Å². The molecule has 1 amide bonds. The maximum Gasteiger partial charge on any atom is 0.573 e. The molecule has 0 spiro atoms. The lowest BCUT2D eigenvalue weighted by molar-refractivity contribution is -0.275. The normalized spacial score (nSPS) is 17.5. The van der Waals surface area contributed by atoms with Gasteiger partial charge in [0.15, 0.2) is 5.75 Å². The van der Waals surface area contributed by atoms with Crippen molar-refractivity contribution in [2.45, 2.75) is 55.8 Å². The molecule has 1 aliphatic heterocycles. The standard InChI is InChI=1S/C24H20F7N5O4S.C2H2/c1-13-2-7-19(36(13)41(38,39)17-5-3-16(25)4-6-17)21(37)33-9-14-8-18(32-12-20(14)40-24(29,30)31)15-10-34-22(35-11-15)23(26,27)28;1-2/h3-6,8,10-13,19H,2,7,9H2,1H3,(H,33,37);1-2H/t13-,19-;/m0./s1. The van der Waals surface area contributed by atoms with Crippen molar-refractivity contribution in [1.82, 2.24) is 24.6 Å². The topological polar surface area (TPSA) is 114 Å². The number of hydrogen-bond donors (Lipinski definition) is 1. The van der Waals surface area contributed by atoms with Crippen molar-refractivity contribution in [3.63, 3.8) is 0 Å². The third-order valence-electron chi connectivity index (χ3n) is 6.12. The molecule has 0 saturated carbocycles. The van der Waals surface area contributed by atoms with E-state index in [4.69, 9.17) is 0 Å². The quantitative estimate of drug-likeness (QED) is 0.296. The summed E-state index contributed by atoms with van der Waals surface area (Å²) in [6, 6.07) is 3.21. The number of nitrogens with zero attached hydrogens (tertiary/aromatic N) is 4. The molecule has 230 valence electrons. The van der Waals surface area contributed by atoms with Crippen molar-refractivity contribution >= 4 is 15.9 Å². The van der Waals surface area contributed by atoms with E-state index in [1.807, 2.05) is 0 Å². The highest BCUT2D eigenvalue weighted by Gasteiger charge is 2.44. The van der Waals surface area contributed by atoms with Gasteiger partial charge in [-0.15, -0.1) is 26.0 Å². The average Bonchev–Trinajstić information content (AvgIpc) is 3.35. The third-order valence-corrected chi connectivity index (χ3v) is 8.16. The highest BCUT2D eigenvalue weighted by Crippen LogP contribution is 2.33. The Morgan fingerprint density at radius 2 is 1.63 bits per heavy atom. The number of carbonyl (C=O) groups excluding carboxylic acids is 1. The number of carbonyl (C=O) groups is 1. The summed E-state index contributed by atoms with van der Waals surface area (Å²) < 4.78 is 122. The molecule has 1 aromatic carbocycles. The zero-order valence-electron chi connectivity index (χ0n) is 22.0. The summed E-state index contributed by atoms with van der Waals surface area (Å²) in [7, 11) is -4.24. The number of sulfonamides is 1. The second kappa shape index (κ2) is 12.9. The number of nitrogens with one attached hydrogen (secondary N) is 1. The van der Waals surface area contributed by atoms with Crippen molar-refractivity contribution in [1.29, 1.82) is 0 Å². The molecule has 0 radical (unpaired) electrons. The van der Waals surface area contributed by atoms with Gasteiger partial charge in [-0.1, -0.05) is 0 Å². The van der Waals surface area contributed by atoms with E-state index >= 15 is 0 Å². The molecule has 1 N–H and O–H groups in total. The number of terminal acetylenes is 1. The number of amides is 1. The summed E-state index contributed by atoms with van der Waals surface area (Å²) >= 11 is 0. The first-order valence-electron chi connectivity index (χ1n) is 12.1. The first-order valence-corrected chi connectivity index (χ1v) is 13.5. The second-order valence-electron chi connectivity index (χ2n) is 8.97. The maximum absolute atomic E-state index is 13.3. The fraction of sp³-hybridized carbons (Fsp3) is 0.308. The molecule has 1 saturated heterocycles. The summed E-state index contributed by atoms with van der Waals surface area (Å²) in [4.78, 5) is 23.0. The molecule has 1 aliphatic rings. The van der Waals surface area contributed by atoms with Crippen LogP contribution in [0.2, 0.25) is 0 Å². The Morgan fingerprint density at radius 3 is 2.19 bits per heavy atom. The Kier molecular flexibility index (Phi) is 9.97. The lowest BCUT2D eigenvalue weighted by atomic mass is 10.1. The number of benzene rings is 1. The number of aromatic nitrogens is 3. The summed E-state index contributed by atoms with van der Waals surface area (Å²) in [5.41, 5.74) is -0.447. The minimum absolute atomic E-state index is 0.0645. The van der Waals surface area contributed by atoms with E-state index in [1.54, 1.807) is 6.92 Å². The van der Waals surface area contributed by atoms with Crippen LogP contribution in [0.5, 0.6) is 5.75 Å². The molecule has 2 aromatic heterocycles. The van der Waals surface area contributed by atoms with Gasteiger partial charge < -0.3 is 10.1 Å². The van der Waals surface area contributed by atoms with Gasteiger partial charge in [-0.25, -0.2) is 22.8 Å². The minimum atomic E-state index is -5.14. The van der Waals surface area contributed by atoms with Gasteiger partial charge in [0, 0.05) is 36.1 Å². The molecule has 2 atom stereocenters. The van der Waals surface area contributed by atoms with E-state index in [1.165, 1.54) is 0 Å². The van der Waals surface area contributed by atoms with Crippen LogP contribution in [0.15, 0.2) is 53.8 Å². The Labute approximate surface area is 241 Å². The molecule has 3 heterocycles. The molecule has 0 unspecified atom stereocenters. The molecule has 43 heavy (non-hydrogen) atoms. The van der Waals surface area contributed by atoms with Crippen LogP contribution in [0.4, 0.5) is 30.7 Å². The summed E-state index contributed by atoms with van der Waals surface area (Å²) in [5.74, 6) is -3.72. The molecule has 3 aromatic rings. The largest absolute Gasteiger partial charge is 0.573 e. The highest BCUT2D eigenvalue weighted by atomic mass is 32.2. The first-order chi connectivity index (χ1) is 20.1. The predicted molar refractivity (Wildman–Crippen MR) is 137 cm³/mol. The van der Waals surface area contributed by atoms with E-state index in [0.29, 0.717) is 12.6 Å².